The lowest BCUT2D eigenvalue weighted by Gasteiger charge is -2.25. The molecule has 1 unspecified atom stereocenters. The van der Waals surface area contributed by atoms with E-state index in [9.17, 15) is 0 Å². The summed E-state index contributed by atoms with van der Waals surface area (Å²) in [7, 11) is 1.66. The van der Waals surface area contributed by atoms with Crippen LogP contribution in [0, 0.1) is 0 Å². The summed E-state index contributed by atoms with van der Waals surface area (Å²) in [5.41, 5.74) is 2.16. The van der Waals surface area contributed by atoms with Crippen LogP contribution in [0.25, 0.3) is 5.69 Å². The van der Waals surface area contributed by atoms with Crippen LogP contribution in [0.2, 0.25) is 0 Å². The number of aliphatic imine (C=N–C) groups is 1. The second-order valence-electron chi connectivity index (χ2n) is 7.21. The molecule has 1 aliphatic rings. The number of fused-ring (bicyclic) bond motifs is 1. The van der Waals surface area contributed by atoms with Crippen LogP contribution in [0.4, 0.5) is 0 Å². The normalized spacial score (nSPS) is 16.3. The van der Waals surface area contributed by atoms with Crippen molar-refractivity contribution in [2.24, 2.45) is 4.99 Å². The topological polar surface area (TPSA) is 94.2 Å². The summed E-state index contributed by atoms with van der Waals surface area (Å²) in [5, 5.41) is 15.8. The van der Waals surface area contributed by atoms with E-state index >= 15 is 0 Å². The summed E-state index contributed by atoms with van der Waals surface area (Å²) >= 11 is 0. The van der Waals surface area contributed by atoms with Crippen LogP contribution in [0.15, 0.2) is 47.7 Å². The minimum atomic E-state index is 0.244. The second kappa shape index (κ2) is 9.53. The maximum Gasteiger partial charge on any atom is 0.191 e. The van der Waals surface area contributed by atoms with Gasteiger partial charge >= 0.3 is 0 Å². The summed E-state index contributed by atoms with van der Waals surface area (Å²) in [4.78, 5) is 9.37. The first-order chi connectivity index (χ1) is 14.8. The second-order valence-corrected chi connectivity index (χ2v) is 7.21. The van der Waals surface area contributed by atoms with Gasteiger partial charge in [-0.25, -0.2) is 19.3 Å². The fourth-order valence-corrected chi connectivity index (χ4v) is 3.63. The highest BCUT2D eigenvalue weighted by Crippen LogP contribution is 2.15. The number of nitrogens with one attached hydrogen (secondary N) is 2. The van der Waals surface area contributed by atoms with Crippen LogP contribution in [0.5, 0.6) is 0 Å². The van der Waals surface area contributed by atoms with Crippen molar-refractivity contribution in [2.75, 3.05) is 13.7 Å². The quantitative estimate of drug-likeness (QED) is 0.456. The molecule has 0 spiro atoms. The van der Waals surface area contributed by atoms with E-state index in [1.54, 1.807) is 13.3 Å². The van der Waals surface area contributed by atoms with Gasteiger partial charge in [-0.15, -0.1) is 0 Å². The summed E-state index contributed by atoms with van der Waals surface area (Å²) in [5.74, 6) is 2.57. The van der Waals surface area contributed by atoms with Gasteiger partial charge in [0.2, 0.25) is 0 Å². The molecule has 1 aliphatic heterocycles. The van der Waals surface area contributed by atoms with E-state index in [2.05, 4.69) is 44.9 Å². The number of aryl methyl sites for hydroxylation is 1. The zero-order valence-corrected chi connectivity index (χ0v) is 17.5. The molecule has 3 aromatic rings. The number of hydrogen-bond donors (Lipinski definition) is 2. The molecule has 2 aromatic heterocycles. The standard InChI is InChI=1S/C21H28N8O/c1-3-22-21(23-13-16-7-4-5-8-18(16)28-12-6-11-24-28)25-17-9-10-20-26-19(15-30-2)27-29(20)14-17/h4-8,11-12,17H,3,9-10,13-15H2,1-2H3,(H2,22,23,25). The van der Waals surface area contributed by atoms with Crippen LogP contribution in [-0.4, -0.2) is 50.2 Å². The van der Waals surface area contributed by atoms with Gasteiger partial charge < -0.3 is 15.4 Å². The lowest BCUT2D eigenvalue weighted by atomic mass is 10.1. The number of aromatic nitrogens is 5. The highest BCUT2D eigenvalue weighted by molar-refractivity contribution is 5.80. The van der Waals surface area contributed by atoms with Crippen molar-refractivity contribution < 1.29 is 4.74 Å². The lowest BCUT2D eigenvalue weighted by molar-refractivity contribution is 0.177. The van der Waals surface area contributed by atoms with Crippen LogP contribution in [0.1, 0.15) is 30.6 Å². The molecule has 0 fully saturated rings. The van der Waals surface area contributed by atoms with Gasteiger partial charge in [0.15, 0.2) is 11.8 Å². The zero-order chi connectivity index (χ0) is 20.8. The van der Waals surface area contributed by atoms with Crippen molar-refractivity contribution in [3.8, 4) is 5.69 Å². The Hall–Kier alpha value is -3.20. The van der Waals surface area contributed by atoms with Crippen LogP contribution in [0.3, 0.4) is 0 Å². The van der Waals surface area contributed by atoms with E-state index < -0.39 is 0 Å². The number of ether oxygens (including phenoxy) is 1. The molecular weight excluding hydrogens is 380 g/mol. The highest BCUT2D eigenvalue weighted by atomic mass is 16.5. The van der Waals surface area contributed by atoms with E-state index in [1.807, 2.05) is 33.8 Å². The summed E-state index contributed by atoms with van der Waals surface area (Å²) in [6.45, 7) is 4.64. The molecule has 0 bridgehead atoms. The molecule has 4 rings (SSSR count). The third kappa shape index (κ3) is 4.68. The lowest BCUT2D eigenvalue weighted by Crippen LogP contribution is -2.47. The Labute approximate surface area is 176 Å². The van der Waals surface area contributed by atoms with Crippen LogP contribution >= 0.6 is 0 Å². The van der Waals surface area contributed by atoms with Crippen molar-refractivity contribution in [1.29, 1.82) is 0 Å². The molecule has 0 saturated heterocycles. The van der Waals surface area contributed by atoms with E-state index in [0.29, 0.717) is 13.2 Å². The molecule has 0 radical (unpaired) electrons. The maximum atomic E-state index is 5.15. The number of methoxy groups -OCH3 is 1. The molecule has 0 amide bonds. The van der Waals surface area contributed by atoms with E-state index in [4.69, 9.17) is 9.73 Å². The number of hydrogen-bond acceptors (Lipinski definition) is 5. The first-order valence-corrected chi connectivity index (χ1v) is 10.3. The van der Waals surface area contributed by atoms with Gasteiger partial charge in [0, 0.05) is 38.5 Å². The van der Waals surface area contributed by atoms with Gasteiger partial charge in [0.25, 0.3) is 0 Å². The van der Waals surface area contributed by atoms with Crippen molar-refractivity contribution in [1.82, 2.24) is 35.2 Å². The van der Waals surface area contributed by atoms with Gasteiger partial charge in [-0.2, -0.15) is 10.2 Å². The SMILES string of the molecule is CCNC(=NCc1ccccc1-n1cccn1)NC1CCc2nc(COC)nn2C1. The third-order valence-electron chi connectivity index (χ3n) is 5.01. The molecule has 9 nitrogen and oxygen atoms in total. The number of rotatable bonds is 7. The average molecular weight is 409 g/mol. The van der Waals surface area contributed by atoms with Crippen molar-refractivity contribution >= 4 is 5.96 Å². The van der Waals surface area contributed by atoms with Crippen LogP contribution < -0.4 is 10.6 Å². The van der Waals surface area contributed by atoms with E-state index in [1.165, 1.54) is 0 Å². The fraction of sp³-hybridized carbons (Fsp3) is 0.429. The molecular formula is C21H28N8O. The molecule has 1 atom stereocenters. The number of guanidine groups is 1. The predicted octanol–water partition coefficient (Wildman–Crippen LogP) is 1.68. The molecule has 2 N–H and O–H groups in total. The Morgan fingerprint density at radius 2 is 2.20 bits per heavy atom. The van der Waals surface area contributed by atoms with Gasteiger partial charge in [-0.05, 0) is 31.0 Å². The van der Waals surface area contributed by atoms with E-state index in [0.717, 1.165) is 54.8 Å². The van der Waals surface area contributed by atoms with Gasteiger partial charge in [0.1, 0.15) is 12.4 Å². The number of benzene rings is 1. The Balaban J connectivity index is 1.45. The monoisotopic (exact) mass is 408 g/mol. The molecule has 3 heterocycles. The van der Waals surface area contributed by atoms with Gasteiger partial charge in [-0.1, -0.05) is 18.2 Å². The molecule has 9 heteroatoms. The first kappa shape index (κ1) is 20.1. The Bertz CT molecular complexity index is 979. The van der Waals surface area contributed by atoms with Gasteiger partial charge in [-0.3, -0.25) is 0 Å². The summed E-state index contributed by atoms with van der Waals surface area (Å²) in [6.07, 6.45) is 5.60. The largest absolute Gasteiger partial charge is 0.377 e. The Morgan fingerprint density at radius 3 is 3.00 bits per heavy atom. The molecule has 0 saturated carbocycles. The highest BCUT2D eigenvalue weighted by Gasteiger charge is 2.22. The first-order valence-electron chi connectivity index (χ1n) is 10.3. The molecule has 1 aromatic carbocycles. The van der Waals surface area contributed by atoms with Crippen molar-refractivity contribution in [3.05, 3.63) is 59.9 Å². The third-order valence-corrected chi connectivity index (χ3v) is 5.01. The summed E-state index contributed by atoms with van der Waals surface area (Å²) < 4.78 is 9.00. The minimum absolute atomic E-state index is 0.244. The maximum absolute atomic E-state index is 5.15. The number of para-hydroxylation sites is 1. The van der Waals surface area contributed by atoms with Crippen molar-refractivity contribution in [3.63, 3.8) is 0 Å². The number of nitrogens with zero attached hydrogens (tertiary/aromatic N) is 6. The average Bonchev–Trinajstić information content (AvgIpc) is 3.42. The van der Waals surface area contributed by atoms with Crippen molar-refractivity contribution in [2.45, 2.75) is 45.5 Å². The van der Waals surface area contributed by atoms with Gasteiger partial charge in [0.05, 0.1) is 18.8 Å². The predicted molar refractivity (Wildman–Crippen MR) is 114 cm³/mol. The molecule has 30 heavy (non-hydrogen) atoms. The Morgan fingerprint density at radius 1 is 1.30 bits per heavy atom. The molecule has 0 aliphatic carbocycles. The minimum Gasteiger partial charge on any atom is -0.377 e. The Kier molecular flexibility index (Phi) is 6.38. The van der Waals surface area contributed by atoms with E-state index in [-0.39, 0.29) is 6.04 Å². The van der Waals surface area contributed by atoms with Crippen LogP contribution in [-0.2, 0) is 30.9 Å². The fourth-order valence-electron chi connectivity index (χ4n) is 3.63. The zero-order valence-electron chi connectivity index (χ0n) is 17.5. The smallest absolute Gasteiger partial charge is 0.191 e. The summed E-state index contributed by atoms with van der Waals surface area (Å²) in [6, 6.07) is 10.4. The molecule has 158 valence electrons.